The smallest absolute Gasteiger partial charge is 0.263 e. The molecule has 4 aromatic rings. The summed E-state index contributed by atoms with van der Waals surface area (Å²) in [5.41, 5.74) is 1.86. The van der Waals surface area contributed by atoms with Gasteiger partial charge in [0.2, 0.25) is 0 Å². The van der Waals surface area contributed by atoms with Crippen LogP contribution in [0.5, 0.6) is 0 Å². The second-order valence-electron chi connectivity index (χ2n) is 8.42. The topological polar surface area (TPSA) is 76.1 Å². The third kappa shape index (κ3) is 4.67. The van der Waals surface area contributed by atoms with Crippen LogP contribution in [-0.4, -0.2) is 19.2 Å². The van der Waals surface area contributed by atoms with E-state index in [2.05, 4.69) is 9.71 Å². The first-order valence-corrected chi connectivity index (χ1v) is 12.6. The molecule has 2 atom stereocenters. The van der Waals surface area contributed by atoms with Gasteiger partial charge in [0.05, 0.1) is 11.1 Å². The van der Waals surface area contributed by atoms with E-state index in [1.165, 1.54) is 18.2 Å². The number of hydrogen-bond donors (Lipinski definition) is 1. The second-order valence-corrected chi connectivity index (χ2v) is 10.5. The maximum atomic E-state index is 13.0. The number of hydrogen-bond acceptors (Lipinski definition) is 4. The number of carbonyl (C=O) groups excluding carboxylic acids is 1. The summed E-state index contributed by atoms with van der Waals surface area (Å²) in [7, 11) is -3.85. The Balaban J connectivity index is 1.24. The van der Waals surface area contributed by atoms with Crippen LogP contribution in [0.4, 0.5) is 10.2 Å². The molecule has 0 amide bonds. The largest absolute Gasteiger partial charge is 0.299 e. The SMILES string of the molecule is O=C(Cc1ccc2cccc(Cl)c2c1)C1CC1c1ccc(S(=O)(=O)Nc2ccc(F)cn2)cc1. The van der Waals surface area contributed by atoms with Crippen LogP contribution in [0.2, 0.25) is 5.02 Å². The molecule has 1 saturated carbocycles. The fraction of sp³-hybridized carbons (Fsp3) is 0.154. The third-order valence-corrected chi connectivity index (χ3v) is 7.76. The molecule has 1 heterocycles. The number of Topliss-reactive ketones (excluding diaryl/α,β-unsaturated/α-hetero) is 1. The van der Waals surface area contributed by atoms with Gasteiger partial charge in [0.15, 0.2) is 0 Å². The Labute approximate surface area is 201 Å². The number of halogens is 2. The van der Waals surface area contributed by atoms with Crippen molar-refractivity contribution < 1.29 is 17.6 Å². The number of ketones is 1. The van der Waals surface area contributed by atoms with Gasteiger partial charge in [-0.3, -0.25) is 9.52 Å². The van der Waals surface area contributed by atoms with E-state index >= 15 is 0 Å². The van der Waals surface area contributed by atoms with E-state index < -0.39 is 15.8 Å². The number of fused-ring (bicyclic) bond motifs is 1. The van der Waals surface area contributed by atoms with E-state index in [0.717, 1.165) is 40.6 Å². The molecule has 34 heavy (non-hydrogen) atoms. The molecule has 1 aromatic heterocycles. The van der Waals surface area contributed by atoms with Gasteiger partial charge in [-0.2, -0.15) is 0 Å². The summed E-state index contributed by atoms with van der Waals surface area (Å²) in [6.07, 6.45) is 2.03. The Morgan fingerprint density at radius 3 is 2.59 bits per heavy atom. The minimum atomic E-state index is -3.85. The number of sulfonamides is 1. The van der Waals surface area contributed by atoms with Crippen molar-refractivity contribution in [2.75, 3.05) is 4.72 Å². The molecule has 1 aliphatic rings. The number of carbonyl (C=O) groups is 1. The maximum absolute atomic E-state index is 13.0. The van der Waals surface area contributed by atoms with Gasteiger partial charge in [-0.15, -0.1) is 0 Å². The number of pyridine rings is 1. The molecule has 2 unspecified atom stereocenters. The van der Waals surface area contributed by atoms with E-state index in [9.17, 15) is 17.6 Å². The lowest BCUT2D eigenvalue weighted by atomic mass is 10.00. The van der Waals surface area contributed by atoms with Crippen LogP contribution < -0.4 is 4.72 Å². The monoisotopic (exact) mass is 494 g/mol. The lowest BCUT2D eigenvalue weighted by Gasteiger charge is -2.08. The number of nitrogens with one attached hydrogen (secondary N) is 1. The van der Waals surface area contributed by atoms with E-state index in [0.29, 0.717) is 11.4 Å². The number of benzene rings is 3. The van der Waals surface area contributed by atoms with Crippen LogP contribution in [0.25, 0.3) is 10.8 Å². The van der Waals surface area contributed by atoms with Crippen molar-refractivity contribution in [1.29, 1.82) is 0 Å². The zero-order chi connectivity index (χ0) is 23.9. The summed E-state index contributed by atoms with van der Waals surface area (Å²) in [6.45, 7) is 0. The van der Waals surface area contributed by atoms with Crippen LogP contribution in [0.15, 0.2) is 83.9 Å². The first-order chi connectivity index (χ1) is 16.3. The summed E-state index contributed by atoms with van der Waals surface area (Å²) < 4.78 is 40.5. The summed E-state index contributed by atoms with van der Waals surface area (Å²) in [5, 5.41) is 2.63. The van der Waals surface area contributed by atoms with Crippen LogP contribution in [0, 0.1) is 11.7 Å². The van der Waals surface area contributed by atoms with E-state index in [1.54, 1.807) is 12.1 Å². The van der Waals surface area contributed by atoms with Crippen LogP contribution in [0.3, 0.4) is 0 Å². The minimum Gasteiger partial charge on any atom is -0.299 e. The molecule has 1 fully saturated rings. The molecule has 0 aliphatic heterocycles. The van der Waals surface area contributed by atoms with Crippen molar-refractivity contribution in [2.45, 2.75) is 23.7 Å². The van der Waals surface area contributed by atoms with Gasteiger partial charge in [0.1, 0.15) is 17.4 Å². The van der Waals surface area contributed by atoms with Gasteiger partial charge in [-0.25, -0.2) is 17.8 Å². The van der Waals surface area contributed by atoms with Gasteiger partial charge in [-0.05, 0) is 65.3 Å². The first kappa shape index (κ1) is 22.5. The summed E-state index contributed by atoms with van der Waals surface area (Å²) >= 11 is 6.29. The Kier molecular flexibility index (Phi) is 5.83. The Hall–Kier alpha value is -3.29. The predicted molar refractivity (Wildman–Crippen MR) is 130 cm³/mol. The average molecular weight is 495 g/mol. The Bertz CT molecular complexity index is 1490. The summed E-state index contributed by atoms with van der Waals surface area (Å²) in [6, 6.07) is 20.5. The van der Waals surface area contributed by atoms with E-state index in [4.69, 9.17) is 11.6 Å². The molecular formula is C26H20ClFN2O3S. The van der Waals surface area contributed by atoms with Gasteiger partial charge in [0.25, 0.3) is 10.0 Å². The zero-order valence-electron chi connectivity index (χ0n) is 17.9. The second kappa shape index (κ2) is 8.81. The number of rotatable bonds is 7. The fourth-order valence-corrected chi connectivity index (χ4v) is 5.41. The molecule has 1 N–H and O–H groups in total. The Morgan fingerprint density at radius 2 is 1.85 bits per heavy atom. The fourth-order valence-electron chi connectivity index (χ4n) is 4.17. The molecule has 5 rings (SSSR count). The molecule has 3 aromatic carbocycles. The normalized spacial score (nSPS) is 17.5. The predicted octanol–water partition coefficient (Wildman–Crippen LogP) is 5.74. The highest BCUT2D eigenvalue weighted by Gasteiger charge is 2.43. The molecule has 0 radical (unpaired) electrons. The quantitative estimate of drug-likeness (QED) is 0.355. The average Bonchev–Trinajstić information content (AvgIpc) is 3.62. The van der Waals surface area contributed by atoms with E-state index in [-0.39, 0.29) is 28.3 Å². The van der Waals surface area contributed by atoms with Crippen molar-refractivity contribution in [2.24, 2.45) is 5.92 Å². The number of aromatic nitrogens is 1. The molecule has 5 nitrogen and oxygen atoms in total. The molecule has 0 saturated heterocycles. The molecule has 0 bridgehead atoms. The summed E-state index contributed by atoms with van der Waals surface area (Å²) in [5.74, 6) is -0.346. The molecule has 1 aliphatic carbocycles. The highest BCUT2D eigenvalue weighted by atomic mass is 35.5. The number of nitrogens with zero attached hydrogens (tertiary/aromatic N) is 1. The lowest BCUT2D eigenvalue weighted by Crippen LogP contribution is -2.14. The highest BCUT2D eigenvalue weighted by Crippen LogP contribution is 2.48. The maximum Gasteiger partial charge on any atom is 0.263 e. The standard InChI is InChI=1S/C26H20ClFN2O3S/c27-24-3-1-2-17-5-4-16(12-22(17)24)13-25(31)23-14-21(23)18-6-9-20(10-7-18)34(32,33)30-26-11-8-19(28)15-29-26/h1-12,15,21,23H,13-14H2,(H,29,30). The molecular weight excluding hydrogens is 475 g/mol. The third-order valence-electron chi connectivity index (χ3n) is 6.06. The van der Waals surface area contributed by atoms with Crippen molar-refractivity contribution in [1.82, 2.24) is 4.98 Å². The summed E-state index contributed by atoms with van der Waals surface area (Å²) in [4.78, 5) is 16.6. The van der Waals surface area contributed by atoms with Crippen LogP contribution in [-0.2, 0) is 21.2 Å². The first-order valence-electron chi connectivity index (χ1n) is 10.7. The molecule has 0 spiro atoms. The molecule has 172 valence electrons. The van der Waals surface area contributed by atoms with Crippen LogP contribution >= 0.6 is 11.6 Å². The van der Waals surface area contributed by atoms with Gasteiger partial charge in [0, 0.05) is 22.7 Å². The van der Waals surface area contributed by atoms with Crippen molar-refractivity contribution in [3.05, 3.63) is 101 Å². The van der Waals surface area contributed by atoms with Gasteiger partial charge >= 0.3 is 0 Å². The Morgan fingerprint density at radius 1 is 1.06 bits per heavy atom. The zero-order valence-corrected chi connectivity index (χ0v) is 19.5. The van der Waals surface area contributed by atoms with E-state index in [1.807, 2.05) is 36.4 Å². The van der Waals surface area contributed by atoms with Crippen molar-refractivity contribution in [3.8, 4) is 0 Å². The van der Waals surface area contributed by atoms with Crippen molar-refractivity contribution >= 4 is 44.0 Å². The minimum absolute atomic E-state index is 0.0355. The van der Waals surface area contributed by atoms with Crippen molar-refractivity contribution in [3.63, 3.8) is 0 Å². The van der Waals surface area contributed by atoms with Gasteiger partial charge in [-0.1, -0.05) is 48.0 Å². The molecule has 8 heteroatoms. The lowest BCUT2D eigenvalue weighted by molar-refractivity contribution is -0.119. The van der Waals surface area contributed by atoms with Crippen LogP contribution in [0.1, 0.15) is 23.5 Å². The van der Waals surface area contributed by atoms with Gasteiger partial charge < -0.3 is 0 Å². The number of anilines is 1. The highest BCUT2D eigenvalue weighted by molar-refractivity contribution is 7.92.